The van der Waals surface area contributed by atoms with Gasteiger partial charge in [0.05, 0.1) is 5.56 Å². The lowest BCUT2D eigenvalue weighted by atomic mass is 9.89. The number of carbonyl (C=O) groups is 2. The van der Waals surface area contributed by atoms with E-state index < -0.39 is 23.3 Å². The molecule has 0 aromatic heterocycles. The number of halogens is 3. The molecule has 0 atom stereocenters. The van der Waals surface area contributed by atoms with Gasteiger partial charge >= 0.3 is 12.1 Å². The van der Waals surface area contributed by atoms with E-state index in [9.17, 15) is 22.8 Å². The van der Waals surface area contributed by atoms with Crippen LogP contribution in [0.2, 0.25) is 0 Å². The maximum atomic E-state index is 13.4. The number of ether oxygens (including phenoxy) is 1. The molecule has 2 fully saturated rings. The second-order valence-corrected chi connectivity index (χ2v) is 9.07. The number of nitrogens with one attached hydrogen (secondary N) is 1. The van der Waals surface area contributed by atoms with Crippen molar-refractivity contribution in [1.82, 2.24) is 10.2 Å². The second-order valence-electron chi connectivity index (χ2n) is 9.07. The lowest BCUT2D eigenvalue weighted by Gasteiger charge is -2.40. The number of hydrogen-bond donors (Lipinski definition) is 2. The zero-order chi connectivity index (χ0) is 26.1. The Kier molecular flexibility index (Phi) is 10.5. The molecule has 1 saturated carbocycles. The number of alkyl halides is 3. The van der Waals surface area contributed by atoms with E-state index in [1.165, 1.54) is 12.1 Å². The summed E-state index contributed by atoms with van der Waals surface area (Å²) in [6.45, 7) is 10.4. The molecule has 2 N–H and O–H groups in total. The molecular weight excluding hydrogens is 461 g/mol. The Labute approximate surface area is 204 Å². The lowest BCUT2D eigenvalue weighted by Crippen LogP contribution is -2.51. The van der Waals surface area contributed by atoms with Crippen molar-refractivity contribution in [2.45, 2.75) is 63.8 Å². The normalized spacial score (nSPS) is 18.0. The van der Waals surface area contributed by atoms with Crippen molar-refractivity contribution in [3.05, 3.63) is 59.2 Å². The van der Waals surface area contributed by atoms with Crippen LogP contribution in [-0.4, -0.2) is 54.2 Å². The Morgan fingerprint density at radius 1 is 1.31 bits per heavy atom. The number of carbonyl (C=O) groups excluding carboxylic acids is 1. The van der Waals surface area contributed by atoms with Gasteiger partial charge in [0.25, 0.3) is 6.47 Å². The molecule has 0 bridgehead atoms. The van der Waals surface area contributed by atoms with E-state index in [1.807, 2.05) is 0 Å². The van der Waals surface area contributed by atoms with Crippen molar-refractivity contribution < 1.29 is 32.6 Å². The highest BCUT2D eigenvalue weighted by Crippen LogP contribution is 2.44. The summed E-state index contributed by atoms with van der Waals surface area (Å²) in [7, 11) is 0. The Balaban J connectivity index is 0.000000641. The van der Waals surface area contributed by atoms with Gasteiger partial charge in [-0.3, -0.25) is 9.69 Å². The molecule has 0 unspecified atom stereocenters. The van der Waals surface area contributed by atoms with E-state index in [1.54, 1.807) is 26.0 Å². The van der Waals surface area contributed by atoms with E-state index in [2.05, 4.69) is 16.8 Å². The highest BCUT2D eigenvalue weighted by atomic mass is 19.4. The van der Waals surface area contributed by atoms with Crippen molar-refractivity contribution in [2.75, 3.05) is 26.2 Å². The summed E-state index contributed by atoms with van der Waals surface area (Å²) in [6, 6.07) is 3.08. The van der Waals surface area contributed by atoms with E-state index in [0.29, 0.717) is 63.5 Å². The first-order valence-corrected chi connectivity index (χ1v) is 11.8. The average molecular weight is 497 g/mol. The molecule has 0 spiro atoms. The van der Waals surface area contributed by atoms with E-state index in [0.717, 1.165) is 30.0 Å². The first-order chi connectivity index (χ1) is 16.5. The van der Waals surface area contributed by atoms with Gasteiger partial charge in [0.15, 0.2) is 0 Å². The molecular formula is C26H35F3N2O4. The van der Waals surface area contributed by atoms with Gasteiger partial charge in [-0.1, -0.05) is 18.2 Å². The number of carboxylic acids is 1. The highest BCUT2D eigenvalue weighted by Gasteiger charge is 2.38. The Bertz CT molecular complexity index is 903. The maximum absolute atomic E-state index is 13.4. The van der Waals surface area contributed by atoms with Crippen molar-refractivity contribution in [3.63, 3.8) is 0 Å². The minimum absolute atomic E-state index is 0.300. The van der Waals surface area contributed by atoms with Gasteiger partial charge in [-0.15, -0.1) is 6.58 Å². The topological polar surface area (TPSA) is 78.9 Å². The van der Waals surface area contributed by atoms with Gasteiger partial charge in [0, 0.05) is 51.6 Å². The van der Waals surface area contributed by atoms with E-state index in [4.69, 9.17) is 9.84 Å². The third kappa shape index (κ3) is 8.81. The molecule has 1 heterocycles. The molecule has 35 heavy (non-hydrogen) atoms. The number of nitrogens with zero attached hydrogens (tertiary/aromatic N) is 1. The number of hydrogen-bond acceptors (Lipinski definition) is 5. The summed E-state index contributed by atoms with van der Waals surface area (Å²) in [5.41, 5.74) is 1.03. The summed E-state index contributed by atoms with van der Waals surface area (Å²) < 4.78 is 45.7. The SMILES string of the molecule is C/C=C\C(=O)O.C=CCNCC1(OC=O)CCN(Cc2cc(C(F)(F)F)c(C)cc2C2CC2)CC1. The smallest absolute Gasteiger partial charge is 0.416 e. The predicted octanol–water partition coefficient (Wildman–Crippen LogP) is 4.82. The van der Waals surface area contributed by atoms with Crippen molar-refractivity contribution >= 4 is 12.4 Å². The average Bonchev–Trinajstić information content (AvgIpc) is 3.62. The van der Waals surface area contributed by atoms with Gasteiger partial charge in [0.2, 0.25) is 0 Å². The van der Waals surface area contributed by atoms with Crippen LogP contribution in [-0.2, 0) is 27.0 Å². The fourth-order valence-corrected chi connectivity index (χ4v) is 4.33. The van der Waals surface area contributed by atoms with Crippen LogP contribution in [0, 0.1) is 6.92 Å². The van der Waals surface area contributed by atoms with Crippen LogP contribution in [0.3, 0.4) is 0 Å². The van der Waals surface area contributed by atoms with Crippen LogP contribution in [0.1, 0.15) is 60.8 Å². The Morgan fingerprint density at radius 3 is 2.43 bits per heavy atom. The molecule has 1 aliphatic carbocycles. The van der Waals surface area contributed by atoms with Gasteiger partial charge in [-0.25, -0.2) is 4.79 Å². The summed E-state index contributed by atoms with van der Waals surface area (Å²) in [4.78, 5) is 22.7. The highest BCUT2D eigenvalue weighted by molar-refractivity contribution is 5.79. The number of aryl methyl sites for hydroxylation is 1. The molecule has 2 aliphatic rings. The van der Waals surface area contributed by atoms with Crippen LogP contribution in [0.25, 0.3) is 0 Å². The number of piperidine rings is 1. The Hall–Kier alpha value is -2.65. The predicted molar refractivity (Wildman–Crippen MR) is 128 cm³/mol. The molecule has 0 radical (unpaired) electrons. The summed E-state index contributed by atoms with van der Waals surface area (Å²) >= 11 is 0. The van der Waals surface area contributed by atoms with Gasteiger partial charge < -0.3 is 15.2 Å². The number of benzene rings is 1. The van der Waals surface area contributed by atoms with E-state index in [-0.39, 0.29) is 0 Å². The standard InChI is InChI=1S/C22H29F3N2O2.C4H6O2/c1-3-8-26-14-21(29-15-28)6-9-27(10-7-21)13-18-12-20(22(23,24)25)16(2)11-19(18)17-4-5-17;1-2-3-4(5)6/h3,11-12,15,17,26H,1,4-10,13-14H2,2H3;2-3H,1H3,(H,5,6)/b;3-2-. The summed E-state index contributed by atoms with van der Waals surface area (Å²) in [6.07, 6.45) is 3.35. The van der Waals surface area contributed by atoms with Crippen molar-refractivity contribution in [3.8, 4) is 0 Å². The molecule has 0 amide bonds. The van der Waals surface area contributed by atoms with Crippen LogP contribution < -0.4 is 5.32 Å². The van der Waals surface area contributed by atoms with Crippen LogP contribution in [0.5, 0.6) is 0 Å². The molecule has 1 aromatic rings. The van der Waals surface area contributed by atoms with Gasteiger partial charge in [0.1, 0.15) is 5.60 Å². The number of carboxylic acid groups (broad SMARTS) is 1. The number of aliphatic carboxylic acids is 1. The zero-order valence-corrected chi connectivity index (χ0v) is 20.4. The minimum atomic E-state index is -4.34. The fourth-order valence-electron chi connectivity index (χ4n) is 4.33. The minimum Gasteiger partial charge on any atom is -0.478 e. The monoisotopic (exact) mass is 496 g/mol. The third-order valence-electron chi connectivity index (χ3n) is 6.31. The van der Waals surface area contributed by atoms with Crippen LogP contribution in [0.4, 0.5) is 13.2 Å². The molecule has 9 heteroatoms. The molecule has 1 aliphatic heterocycles. The van der Waals surface area contributed by atoms with E-state index >= 15 is 0 Å². The Morgan fingerprint density at radius 2 is 1.97 bits per heavy atom. The molecule has 1 aromatic carbocycles. The largest absolute Gasteiger partial charge is 0.478 e. The van der Waals surface area contributed by atoms with Crippen LogP contribution in [0.15, 0.2) is 36.9 Å². The summed E-state index contributed by atoms with van der Waals surface area (Å²) in [5, 5.41) is 11.0. The first kappa shape index (κ1) is 28.6. The maximum Gasteiger partial charge on any atom is 0.416 e. The fraction of sp³-hybridized carbons (Fsp3) is 0.538. The van der Waals surface area contributed by atoms with Gasteiger partial charge in [-0.2, -0.15) is 13.2 Å². The number of allylic oxidation sites excluding steroid dienone is 1. The number of likely N-dealkylation sites (tertiary alicyclic amines) is 1. The summed E-state index contributed by atoms with van der Waals surface area (Å²) in [5.74, 6) is -0.506. The second kappa shape index (κ2) is 12.9. The molecule has 3 rings (SSSR count). The third-order valence-corrected chi connectivity index (χ3v) is 6.31. The van der Waals surface area contributed by atoms with Gasteiger partial charge in [-0.05, 0) is 55.4 Å². The number of rotatable bonds is 10. The molecule has 194 valence electrons. The van der Waals surface area contributed by atoms with Crippen molar-refractivity contribution in [2.24, 2.45) is 0 Å². The lowest BCUT2D eigenvalue weighted by molar-refractivity contribution is -0.148. The first-order valence-electron chi connectivity index (χ1n) is 11.8. The zero-order valence-electron chi connectivity index (χ0n) is 20.4. The molecule has 1 saturated heterocycles. The van der Waals surface area contributed by atoms with Crippen LogP contribution >= 0.6 is 0 Å². The van der Waals surface area contributed by atoms with Crippen molar-refractivity contribution in [1.29, 1.82) is 0 Å². The quantitative estimate of drug-likeness (QED) is 0.209. The molecule has 6 nitrogen and oxygen atoms in total.